The molecule has 0 spiro atoms. The van der Waals surface area contributed by atoms with E-state index in [0.29, 0.717) is 24.6 Å². The zero-order chi connectivity index (χ0) is 15.7. The fourth-order valence-electron chi connectivity index (χ4n) is 1.68. The number of sulfonamides is 1. The molecule has 0 aliphatic carbocycles. The molecule has 2 N–H and O–H groups in total. The van der Waals surface area contributed by atoms with Gasteiger partial charge in [-0.25, -0.2) is 13.1 Å². The molecular weight excluding hydrogens is 308 g/mol. The Labute approximate surface area is 132 Å². The van der Waals surface area contributed by atoms with Crippen LogP contribution in [0.5, 0.6) is 0 Å². The normalized spacial score (nSPS) is 12.2. The minimum absolute atomic E-state index is 0.225. The van der Waals surface area contributed by atoms with E-state index in [0.717, 1.165) is 24.3 Å². The lowest BCUT2D eigenvalue weighted by molar-refractivity contribution is 0.0762. The van der Waals surface area contributed by atoms with Crippen LogP contribution in [0.3, 0.4) is 0 Å². The van der Waals surface area contributed by atoms with Gasteiger partial charge in [0, 0.05) is 30.0 Å². The Bertz CT molecular complexity index is 498. The van der Waals surface area contributed by atoms with Crippen LogP contribution in [0.25, 0.3) is 0 Å². The van der Waals surface area contributed by atoms with E-state index in [9.17, 15) is 8.42 Å². The van der Waals surface area contributed by atoms with Gasteiger partial charge in [-0.15, -0.1) is 11.3 Å². The maximum absolute atomic E-state index is 12.1. The van der Waals surface area contributed by atoms with E-state index in [1.165, 1.54) is 11.3 Å². The molecule has 0 aliphatic rings. The summed E-state index contributed by atoms with van der Waals surface area (Å²) in [7, 11) is -3.38. The van der Waals surface area contributed by atoms with Crippen LogP contribution in [0.2, 0.25) is 0 Å². The molecule has 1 rings (SSSR count). The van der Waals surface area contributed by atoms with E-state index in [-0.39, 0.29) is 6.10 Å². The Balaban J connectivity index is 2.34. The topological polar surface area (TPSA) is 67.4 Å². The Morgan fingerprint density at radius 3 is 2.76 bits per heavy atom. The lowest BCUT2D eigenvalue weighted by Crippen LogP contribution is -2.24. The number of ether oxygens (including phenoxy) is 1. The lowest BCUT2D eigenvalue weighted by atomic mass is 10.3. The van der Waals surface area contributed by atoms with Crippen molar-refractivity contribution in [2.24, 2.45) is 0 Å². The SMILES string of the molecule is CCNCc1cc(S(=O)(=O)NCCCCOC(C)C)cs1. The first-order chi connectivity index (χ1) is 9.95. The first kappa shape index (κ1) is 18.6. The Hall–Kier alpha value is -0.470. The highest BCUT2D eigenvalue weighted by Gasteiger charge is 2.15. The molecule has 0 saturated carbocycles. The summed E-state index contributed by atoms with van der Waals surface area (Å²) in [5, 5.41) is 4.88. The van der Waals surface area contributed by atoms with E-state index in [4.69, 9.17) is 4.74 Å². The van der Waals surface area contributed by atoms with Crippen molar-refractivity contribution in [2.45, 2.75) is 51.2 Å². The third kappa shape index (κ3) is 7.37. The molecule has 7 heteroatoms. The highest BCUT2D eigenvalue weighted by atomic mass is 32.2. The molecule has 0 aromatic carbocycles. The van der Waals surface area contributed by atoms with Gasteiger partial charge in [0.05, 0.1) is 11.0 Å². The van der Waals surface area contributed by atoms with Crippen molar-refractivity contribution in [1.29, 1.82) is 0 Å². The summed E-state index contributed by atoms with van der Waals surface area (Å²) in [5.41, 5.74) is 0. The Morgan fingerprint density at radius 2 is 2.10 bits per heavy atom. The highest BCUT2D eigenvalue weighted by molar-refractivity contribution is 7.89. The molecule has 1 aromatic rings. The van der Waals surface area contributed by atoms with E-state index < -0.39 is 10.0 Å². The maximum Gasteiger partial charge on any atom is 0.241 e. The fraction of sp³-hybridized carbons (Fsp3) is 0.714. The molecule has 122 valence electrons. The molecule has 5 nitrogen and oxygen atoms in total. The fourth-order valence-corrected chi connectivity index (χ4v) is 4.00. The van der Waals surface area contributed by atoms with Gasteiger partial charge in [0.25, 0.3) is 0 Å². The number of rotatable bonds is 11. The number of unbranched alkanes of at least 4 members (excludes halogenated alkanes) is 1. The van der Waals surface area contributed by atoms with Gasteiger partial charge < -0.3 is 10.1 Å². The van der Waals surface area contributed by atoms with Gasteiger partial charge in [0.1, 0.15) is 0 Å². The average molecular weight is 335 g/mol. The summed E-state index contributed by atoms with van der Waals surface area (Å²) >= 11 is 1.47. The quantitative estimate of drug-likeness (QED) is 0.610. The molecule has 0 saturated heterocycles. The average Bonchev–Trinajstić information content (AvgIpc) is 2.89. The lowest BCUT2D eigenvalue weighted by Gasteiger charge is -2.07. The summed E-state index contributed by atoms with van der Waals surface area (Å²) in [5.74, 6) is 0. The predicted octanol–water partition coefficient (Wildman–Crippen LogP) is 2.34. The van der Waals surface area contributed by atoms with Crippen molar-refractivity contribution < 1.29 is 13.2 Å². The van der Waals surface area contributed by atoms with E-state index >= 15 is 0 Å². The first-order valence-corrected chi connectivity index (χ1v) is 9.71. The number of hydrogen-bond acceptors (Lipinski definition) is 5. The molecule has 1 aromatic heterocycles. The van der Waals surface area contributed by atoms with Crippen LogP contribution in [-0.4, -0.2) is 34.2 Å². The van der Waals surface area contributed by atoms with Gasteiger partial charge in [-0.1, -0.05) is 6.92 Å². The molecule has 1 heterocycles. The number of hydrogen-bond donors (Lipinski definition) is 2. The zero-order valence-corrected chi connectivity index (χ0v) is 14.6. The summed E-state index contributed by atoms with van der Waals surface area (Å²) in [6.07, 6.45) is 1.86. The molecule has 21 heavy (non-hydrogen) atoms. The van der Waals surface area contributed by atoms with Crippen molar-refractivity contribution in [3.63, 3.8) is 0 Å². The van der Waals surface area contributed by atoms with Crippen LogP contribution in [-0.2, 0) is 21.3 Å². The van der Waals surface area contributed by atoms with Crippen molar-refractivity contribution in [2.75, 3.05) is 19.7 Å². The van der Waals surface area contributed by atoms with Gasteiger partial charge in [-0.05, 0) is 39.3 Å². The smallest absolute Gasteiger partial charge is 0.241 e. The minimum atomic E-state index is -3.38. The van der Waals surface area contributed by atoms with Crippen LogP contribution in [0, 0.1) is 0 Å². The molecular formula is C14H26N2O3S2. The van der Waals surface area contributed by atoms with Crippen molar-refractivity contribution in [3.8, 4) is 0 Å². The Kier molecular flexibility index (Phi) is 8.43. The van der Waals surface area contributed by atoms with Gasteiger partial charge in [-0.2, -0.15) is 0 Å². The second kappa shape index (κ2) is 9.53. The van der Waals surface area contributed by atoms with Crippen molar-refractivity contribution in [3.05, 3.63) is 16.3 Å². The van der Waals surface area contributed by atoms with Crippen LogP contribution in [0.1, 0.15) is 38.5 Å². The summed E-state index contributed by atoms with van der Waals surface area (Å²) in [6.45, 7) is 8.71. The first-order valence-electron chi connectivity index (χ1n) is 7.35. The summed E-state index contributed by atoms with van der Waals surface area (Å²) in [4.78, 5) is 1.39. The molecule has 0 fully saturated rings. The third-order valence-electron chi connectivity index (χ3n) is 2.80. The monoisotopic (exact) mass is 334 g/mol. The minimum Gasteiger partial charge on any atom is -0.379 e. The Morgan fingerprint density at radius 1 is 1.33 bits per heavy atom. The largest absolute Gasteiger partial charge is 0.379 e. The van der Waals surface area contributed by atoms with Gasteiger partial charge in [0.2, 0.25) is 10.0 Å². The van der Waals surface area contributed by atoms with E-state index in [1.54, 1.807) is 11.4 Å². The molecule has 0 radical (unpaired) electrons. The second-order valence-corrected chi connectivity index (χ2v) is 7.82. The van der Waals surface area contributed by atoms with Crippen LogP contribution in [0.15, 0.2) is 16.3 Å². The molecule has 0 bridgehead atoms. The molecule has 0 amide bonds. The van der Waals surface area contributed by atoms with Crippen LogP contribution < -0.4 is 10.0 Å². The van der Waals surface area contributed by atoms with Gasteiger partial charge >= 0.3 is 0 Å². The highest BCUT2D eigenvalue weighted by Crippen LogP contribution is 2.19. The van der Waals surface area contributed by atoms with Gasteiger partial charge in [0.15, 0.2) is 0 Å². The maximum atomic E-state index is 12.1. The van der Waals surface area contributed by atoms with E-state index in [2.05, 4.69) is 10.0 Å². The van der Waals surface area contributed by atoms with Crippen molar-refractivity contribution >= 4 is 21.4 Å². The van der Waals surface area contributed by atoms with Crippen LogP contribution >= 0.6 is 11.3 Å². The summed E-state index contributed by atoms with van der Waals surface area (Å²) < 4.78 is 32.3. The van der Waals surface area contributed by atoms with Crippen molar-refractivity contribution in [1.82, 2.24) is 10.0 Å². The predicted molar refractivity (Wildman–Crippen MR) is 87.2 cm³/mol. The molecule has 0 aliphatic heterocycles. The van der Waals surface area contributed by atoms with Crippen LogP contribution in [0.4, 0.5) is 0 Å². The summed E-state index contributed by atoms with van der Waals surface area (Å²) in [6, 6.07) is 1.73. The van der Waals surface area contributed by atoms with Gasteiger partial charge in [-0.3, -0.25) is 0 Å². The third-order valence-corrected chi connectivity index (χ3v) is 5.33. The second-order valence-electron chi connectivity index (χ2n) is 5.05. The number of thiophene rings is 1. The molecule has 0 unspecified atom stereocenters. The van der Waals surface area contributed by atoms with E-state index in [1.807, 2.05) is 20.8 Å². The molecule has 0 atom stereocenters. The zero-order valence-electron chi connectivity index (χ0n) is 13.0. The number of nitrogens with one attached hydrogen (secondary N) is 2. The standard InChI is InChI=1S/C14H26N2O3S2/c1-4-15-10-13-9-14(11-20-13)21(17,18)16-7-5-6-8-19-12(2)3/h9,11-12,15-16H,4-8,10H2,1-3H3.